The van der Waals surface area contributed by atoms with Crippen molar-refractivity contribution in [3.8, 4) is 11.5 Å². The number of nitrogens with one attached hydrogen (secondary N) is 2. The molecule has 1 aliphatic heterocycles. The number of benzene rings is 2. The van der Waals surface area contributed by atoms with Crippen LogP contribution in [-0.2, 0) is 9.53 Å². The van der Waals surface area contributed by atoms with Gasteiger partial charge in [0, 0.05) is 23.5 Å². The fourth-order valence-electron chi connectivity index (χ4n) is 2.85. The number of carbonyl (C=O) groups excluding carboxylic acids is 2. The molecule has 0 aromatic heterocycles. The van der Waals surface area contributed by atoms with Crippen molar-refractivity contribution in [3.63, 3.8) is 0 Å². The Morgan fingerprint density at radius 2 is 1.61 bits per heavy atom. The van der Waals surface area contributed by atoms with Crippen molar-refractivity contribution in [3.05, 3.63) is 46.4 Å². The van der Waals surface area contributed by atoms with E-state index < -0.39 is 0 Å². The highest BCUT2D eigenvalue weighted by molar-refractivity contribution is 9.10. The van der Waals surface area contributed by atoms with Crippen molar-refractivity contribution in [2.24, 2.45) is 0 Å². The van der Waals surface area contributed by atoms with Gasteiger partial charge in [-0.15, -0.1) is 0 Å². The summed E-state index contributed by atoms with van der Waals surface area (Å²) in [5.74, 6) is 0.539. The van der Waals surface area contributed by atoms with Gasteiger partial charge < -0.3 is 24.8 Å². The largest absolute Gasteiger partial charge is 0.495 e. The Bertz CT molecular complexity index is 838. The number of anilines is 2. The van der Waals surface area contributed by atoms with Crippen molar-refractivity contribution in [2.45, 2.75) is 18.9 Å². The van der Waals surface area contributed by atoms with Gasteiger partial charge in [0.1, 0.15) is 22.1 Å². The van der Waals surface area contributed by atoms with E-state index in [0.29, 0.717) is 39.5 Å². The number of amides is 2. The van der Waals surface area contributed by atoms with E-state index >= 15 is 0 Å². The summed E-state index contributed by atoms with van der Waals surface area (Å²) in [7, 11) is 3.04. The highest BCUT2D eigenvalue weighted by Gasteiger charge is 2.23. The smallest absolute Gasteiger partial charge is 0.255 e. The third-order valence-electron chi connectivity index (χ3n) is 4.34. The van der Waals surface area contributed by atoms with Gasteiger partial charge in [-0.05, 0) is 65.2 Å². The molecule has 1 aliphatic rings. The molecule has 2 N–H and O–H groups in total. The molecular weight excluding hydrogens is 428 g/mol. The van der Waals surface area contributed by atoms with Crippen LogP contribution in [0.2, 0.25) is 0 Å². The normalized spacial score (nSPS) is 15.8. The van der Waals surface area contributed by atoms with Crippen molar-refractivity contribution in [2.75, 3.05) is 31.5 Å². The second kappa shape index (κ2) is 9.07. The first-order chi connectivity index (χ1) is 13.5. The molecule has 2 aromatic carbocycles. The summed E-state index contributed by atoms with van der Waals surface area (Å²) in [5.41, 5.74) is 1.64. The first-order valence-corrected chi connectivity index (χ1v) is 9.56. The summed E-state index contributed by atoms with van der Waals surface area (Å²) < 4.78 is 16.5. The summed E-state index contributed by atoms with van der Waals surface area (Å²) in [6, 6.07) is 10.1. The molecule has 0 bridgehead atoms. The lowest BCUT2D eigenvalue weighted by atomic mass is 10.1. The number of carbonyl (C=O) groups is 2. The van der Waals surface area contributed by atoms with Gasteiger partial charge in [-0.3, -0.25) is 9.59 Å². The Morgan fingerprint density at radius 1 is 1.04 bits per heavy atom. The zero-order valence-corrected chi connectivity index (χ0v) is 17.2. The van der Waals surface area contributed by atoms with Gasteiger partial charge in [0.2, 0.25) is 0 Å². The lowest BCUT2D eigenvalue weighted by molar-refractivity contribution is -0.124. The van der Waals surface area contributed by atoms with Crippen LogP contribution in [0.3, 0.4) is 0 Å². The minimum absolute atomic E-state index is 0.150. The van der Waals surface area contributed by atoms with E-state index in [2.05, 4.69) is 26.6 Å². The molecule has 8 heteroatoms. The first-order valence-electron chi connectivity index (χ1n) is 8.77. The minimum atomic E-state index is -0.387. The fourth-order valence-corrected chi connectivity index (χ4v) is 3.40. The van der Waals surface area contributed by atoms with E-state index in [0.717, 1.165) is 12.8 Å². The molecule has 28 heavy (non-hydrogen) atoms. The third-order valence-corrected chi connectivity index (χ3v) is 5.12. The van der Waals surface area contributed by atoms with Crippen LogP contribution in [0.4, 0.5) is 11.4 Å². The van der Waals surface area contributed by atoms with Crippen molar-refractivity contribution in [1.82, 2.24) is 0 Å². The predicted molar refractivity (Wildman–Crippen MR) is 109 cm³/mol. The molecule has 1 saturated heterocycles. The Kier molecular flexibility index (Phi) is 6.53. The number of rotatable bonds is 6. The Morgan fingerprint density at radius 3 is 2.11 bits per heavy atom. The van der Waals surface area contributed by atoms with Gasteiger partial charge in [0.25, 0.3) is 11.8 Å². The number of hydrogen-bond acceptors (Lipinski definition) is 5. The summed E-state index contributed by atoms with van der Waals surface area (Å²) >= 11 is 3.38. The maximum atomic E-state index is 12.6. The molecule has 1 heterocycles. The molecule has 0 aliphatic carbocycles. The van der Waals surface area contributed by atoms with Crippen LogP contribution >= 0.6 is 15.9 Å². The SMILES string of the molecule is COc1cc(C(=O)Nc2ccc(NC(=O)[C@H]3CCCO3)cc2)cc(OC)c1Br. The molecule has 1 fully saturated rings. The molecule has 1 atom stereocenters. The van der Waals surface area contributed by atoms with Crippen LogP contribution in [0.1, 0.15) is 23.2 Å². The molecule has 0 saturated carbocycles. The number of ether oxygens (including phenoxy) is 3. The molecule has 2 amide bonds. The Balaban J connectivity index is 1.66. The van der Waals surface area contributed by atoms with E-state index in [1.807, 2.05) is 0 Å². The number of methoxy groups -OCH3 is 2. The Hall–Kier alpha value is -2.58. The topological polar surface area (TPSA) is 85.9 Å². The molecule has 2 aromatic rings. The molecule has 0 radical (unpaired) electrons. The fraction of sp³-hybridized carbons (Fsp3) is 0.300. The highest BCUT2D eigenvalue weighted by Crippen LogP contribution is 2.35. The van der Waals surface area contributed by atoms with E-state index in [1.165, 1.54) is 14.2 Å². The number of hydrogen-bond donors (Lipinski definition) is 2. The third kappa shape index (κ3) is 4.63. The van der Waals surface area contributed by atoms with Crippen LogP contribution in [-0.4, -0.2) is 38.7 Å². The Labute approximate surface area is 171 Å². The van der Waals surface area contributed by atoms with E-state index in [-0.39, 0.29) is 17.9 Å². The molecular formula is C20H21BrN2O5. The van der Waals surface area contributed by atoms with Gasteiger partial charge in [-0.2, -0.15) is 0 Å². The van der Waals surface area contributed by atoms with Crippen molar-refractivity contribution < 1.29 is 23.8 Å². The molecule has 3 rings (SSSR count). The van der Waals surface area contributed by atoms with Crippen molar-refractivity contribution >= 4 is 39.1 Å². The molecule has 0 spiro atoms. The van der Waals surface area contributed by atoms with Gasteiger partial charge in [-0.25, -0.2) is 0 Å². The van der Waals surface area contributed by atoms with Crippen LogP contribution in [0.25, 0.3) is 0 Å². The average Bonchev–Trinajstić information content (AvgIpc) is 3.24. The van der Waals surface area contributed by atoms with Gasteiger partial charge >= 0.3 is 0 Å². The van der Waals surface area contributed by atoms with Gasteiger partial charge in [-0.1, -0.05) is 0 Å². The predicted octanol–water partition coefficient (Wildman–Crippen LogP) is 3.84. The average molecular weight is 449 g/mol. The zero-order chi connectivity index (χ0) is 20.1. The lowest BCUT2D eigenvalue weighted by Gasteiger charge is -2.13. The second-order valence-electron chi connectivity index (χ2n) is 6.22. The highest BCUT2D eigenvalue weighted by atomic mass is 79.9. The maximum absolute atomic E-state index is 12.6. The maximum Gasteiger partial charge on any atom is 0.255 e. The standard InChI is InChI=1S/C20H21BrN2O5/c1-26-16-10-12(11-17(27-2)18(16)21)19(24)22-13-5-7-14(8-6-13)23-20(25)15-4-3-9-28-15/h5-8,10-11,15H,3-4,9H2,1-2H3,(H,22,24)(H,23,25)/t15-/m1/s1. The number of halogens is 1. The first kappa shape index (κ1) is 20.2. The van der Waals surface area contributed by atoms with E-state index in [9.17, 15) is 9.59 Å². The summed E-state index contributed by atoms with van der Waals surface area (Å²) in [4.78, 5) is 24.7. The zero-order valence-electron chi connectivity index (χ0n) is 15.6. The summed E-state index contributed by atoms with van der Waals surface area (Å²) in [5, 5.41) is 5.63. The minimum Gasteiger partial charge on any atom is -0.495 e. The summed E-state index contributed by atoms with van der Waals surface area (Å²) in [6.07, 6.45) is 1.25. The monoisotopic (exact) mass is 448 g/mol. The quantitative estimate of drug-likeness (QED) is 0.700. The molecule has 148 valence electrons. The molecule has 7 nitrogen and oxygen atoms in total. The lowest BCUT2D eigenvalue weighted by Crippen LogP contribution is -2.26. The van der Waals surface area contributed by atoms with E-state index in [1.54, 1.807) is 36.4 Å². The van der Waals surface area contributed by atoms with Crippen molar-refractivity contribution in [1.29, 1.82) is 0 Å². The van der Waals surface area contributed by atoms with Crippen LogP contribution < -0.4 is 20.1 Å². The van der Waals surface area contributed by atoms with Gasteiger partial charge in [0.15, 0.2) is 0 Å². The van der Waals surface area contributed by atoms with Crippen LogP contribution in [0.5, 0.6) is 11.5 Å². The van der Waals surface area contributed by atoms with Crippen LogP contribution in [0, 0.1) is 0 Å². The van der Waals surface area contributed by atoms with Crippen LogP contribution in [0.15, 0.2) is 40.9 Å². The molecule has 0 unspecified atom stereocenters. The summed E-state index contributed by atoms with van der Waals surface area (Å²) in [6.45, 7) is 0.620. The van der Waals surface area contributed by atoms with Gasteiger partial charge in [0.05, 0.1) is 14.2 Å². The van der Waals surface area contributed by atoms with E-state index in [4.69, 9.17) is 14.2 Å². The second-order valence-corrected chi connectivity index (χ2v) is 7.01.